The number of carbonyl (C=O) groups excluding carboxylic acids is 2. The Balaban J connectivity index is 2.07. The maximum absolute atomic E-state index is 12.8. The lowest BCUT2D eigenvalue weighted by molar-refractivity contribution is -0.108. The zero-order valence-corrected chi connectivity index (χ0v) is 12.6. The van der Waals surface area contributed by atoms with Crippen molar-refractivity contribution < 1.29 is 9.59 Å². The fourth-order valence-corrected chi connectivity index (χ4v) is 2.71. The summed E-state index contributed by atoms with van der Waals surface area (Å²) in [6, 6.07) is 26.0. The fraction of sp³-hybridized carbons (Fsp3) is 0.0476. The van der Waals surface area contributed by atoms with E-state index in [-0.39, 0.29) is 5.78 Å². The van der Waals surface area contributed by atoms with Crippen LogP contribution in [0.15, 0.2) is 84.9 Å². The van der Waals surface area contributed by atoms with E-state index in [0.717, 1.165) is 17.4 Å². The van der Waals surface area contributed by atoms with Gasteiger partial charge in [-0.25, -0.2) is 0 Å². The molecule has 1 atom stereocenters. The van der Waals surface area contributed by atoms with Crippen LogP contribution in [-0.4, -0.2) is 12.1 Å². The summed E-state index contributed by atoms with van der Waals surface area (Å²) in [6.07, 6.45) is 0.895. The van der Waals surface area contributed by atoms with Crippen molar-refractivity contribution in [2.75, 3.05) is 0 Å². The van der Waals surface area contributed by atoms with E-state index in [9.17, 15) is 9.59 Å². The van der Waals surface area contributed by atoms with E-state index in [0.29, 0.717) is 11.1 Å². The highest BCUT2D eigenvalue weighted by Crippen LogP contribution is 2.27. The van der Waals surface area contributed by atoms with Crippen LogP contribution in [0, 0.1) is 0 Å². The van der Waals surface area contributed by atoms with Crippen molar-refractivity contribution >= 4 is 12.1 Å². The van der Waals surface area contributed by atoms with E-state index in [1.165, 1.54) is 0 Å². The van der Waals surface area contributed by atoms with E-state index >= 15 is 0 Å². The number of rotatable bonds is 5. The van der Waals surface area contributed by atoms with Gasteiger partial charge < -0.3 is 4.79 Å². The average molecular weight is 300 g/mol. The molecule has 3 rings (SSSR count). The van der Waals surface area contributed by atoms with Crippen molar-refractivity contribution in [3.05, 3.63) is 107 Å². The monoisotopic (exact) mass is 300 g/mol. The summed E-state index contributed by atoms with van der Waals surface area (Å²) in [6.45, 7) is 0. The van der Waals surface area contributed by atoms with Crippen LogP contribution in [0.2, 0.25) is 0 Å². The van der Waals surface area contributed by atoms with Crippen molar-refractivity contribution in [2.45, 2.75) is 5.92 Å². The Hall–Kier alpha value is -3.00. The third kappa shape index (κ3) is 3.11. The second kappa shape index (κ2) is 6.84. The molecule has 0 amide bonds. The second-order valence-electron chi connectivity index (χ2n) is 5.31. The number of benzene rings is 3. The topological polar surface area (TPSA) is 34.1 Å². The van der Waals surface area contributed by atoms with Gasteiger partial charge in [-0.15, -0.1) is 0 Å². The Bertz CT molecular complexity index is 808. The lowest BCUT2D eigenvalue weighted by Crippen LogP contribution is -2.11. The van der Waals surface area contributed by atoms with Gasteiger partial charge in [0.25, 0.3) is 0 Å². The third-order valence-electron chi connectivity index (χ3n) is 3.87. The van der Waals surface area contributed by atoms with Crippen LogP contribution in [0.1, 0.15) is 33.0 Å². The molecule has 23 heavy (non-hydrogen) atoms. The van der Waals surface area contributed by atoms with E-state index < -0.39 is 5.92 Å². The van der Waals surface area contributed by atoms with Crippen molar-refractivity contribution in [3.8, 4) is 0 Å². The van der Waals surface area contributed by atoms with Crippen molar-refractivity contribution in [1.29, 1.82) is 0 Å². The molecule has 0 radical (unpaired) electrons. The Morgan fingerprint density at radius 3 is 1.96 bits per heavy atom. The van der Waals surface area contributed by atoms with E-state index in [1.54, 1.807) is 18.2 Å². The van der Waals surface area contributed by atoms with E-state index in [4.69, 9.17) is 0 Å². The Morgan fingerprint density at radius 1 is 0.739 bits per heavy atom. The number of carbonyl (C=O) groups is 2. The third-order valence-corrected chi connectivity index (χ3v) is 3.87. The molecule has 112 valence electrons. The van der Waals surface area contributed by atoms with Crippen LogP contribution < -0.4 is 0 Å². The zero-order chi connectivity index (χ0) is 16.1. The molecular formula is C21H16O2. The first kappa shape index (κ1) is 14.9. The first-order chi connectivity index (χ1) is 11.3. The molecule has 2 heteroatoms. The van der Waals surface area contributed by atoms with Crippen LogP contribution in [0.4, 0.5) is 0 Å². The van der Waals surface area contributed by atoms with Crippen LogP contribution in [0.3, 0.4) is 0 Å². The molecule has 0 heterocycles. The molecule has 0 saturated carbocycles. The minimum Gasteiger partial charge on any atom is -0.302 e. The minimum absolute atomic E-state index is 0.0658. The molecule has 0 aliphatic carbocycles. The molecule has 0 spiro atoms. The van der Waals surface area contributed by atoms with Gasteiger partial charge in [-0.05, 0) is 11.1 Å². The molecule has 0 aliphatic heterocycles. The van der Waals surface area contributed by atoms with Crippen LogP contribution in [-0.2, 0) is 4.79 Å². The molecule has 2 nitrogen and oxygen atoms in total. The van der Waals surface area contributed by atoms with Gasteiger partial charge in [-0.3, -0.25) is 4.79 Å². The number of hydrogen-bond donors (Lipinski definition) is 0. The van der Waals surface area contributed by atoms with Gasteiger partial charge in [0.1, 0.15) is 6.29 Å². The van der Waals surface area contributed by atoms with Crippen molar-refractivity contribution in [2.24, 2.45) is 0 Å². The summed E-state index contributed by atoms with van der Waals surface area (Å²) in [5, 5.41) is 0. The molecule has 0 saturated heterocycles. The molecule has 0 aromatic heterocycles. The van der Waals surface area contributed by atoms with E-state index in [1.807, 2.05) is 66.7 Å². The summed E-state index contributed by atoms with van der Waals surface area (Å²) in [7, 11) is 0. The number of aldehydes is 1. The van der Waals surface area contributed by atoms with Gasteiger partial charge in [0.2, 0.25) is 0 Å². The summed E-state index contributed by atoms with van der Waals surface area (Å²) in [5.41, 5.74) is 2.82. The molecule has 3 aromatic carbocycles. The van der Waals surface area contributed by atoms with Gasteiger partial charge in [0.15, 0.2) is 5.78 Å². The van der Waals surface area contributed by atoms with Crippen LogP contribution >= 0.6 is 0 Å². The molecule has 1 unspecified atom stereocenters. The predicted molar refractivity (Wildman–Crippen MR) is 90.7 cm³/mol. The smallest absolute Gasteiger partial charge is 0.193 e. The summed E-state index contributed by atoms with van der Waals surface area (Å²) < 4.78 is 0. The highest BCUT2D eigenvalue weighted by atomic mass is 16.1. The highest BCUT2D eigenvalue weighted by Gasteiger charge is 2.20. The Kier molecular flexibility index (Phi) is 4.44. The maximum atomic E-state index is 12.8. The van der Waals surface area contributed by atoms with Gasteiger partial charge in [0.05, 0.1) is 5.92 Å². The molecular weight excluding hydrogens is 284 g/mol. The highest BCUT2D eigenvalue weighted by molar-refractivity contribution is 6.10. The lowest BCUT2D eigenvalue weighted by atomic mass is 9.86. The van der Waals surface area contributed by atoms with Gasteiger partial charge in [-0.2, -0.15) is 0 Å². The quantitative estimate of drug-likeness (QED) is 0.521. The maximum Gasteiger partial charge on any atom is 0.193 e. The molecule has 0 fully saturated rings. The normalized spacial score (nSPS) is 11.7. The first-order valence-electron chi connectivity index (χ1n) is 7.50. The van der Waals surface area contributed by atoms with E-state index in [2.05, 4.69) is 0 Å². The van der Waals surface area contributed by atoms with Gasteiger partial charge in [0, 0.05) is 11.1 Å². The average Bonchev–Trinajstić information content (AvgIpc) is 2.64. The summed E-state index contributed by atoms with van der Waals surface area (Å²) in [4.78, 5) is 24.5. The SMILES string of the molecule is O=CC(c1ccccc1)c1ccccc1C(=O)c1ccccc1. The van der Waals surface area contributed by atoms with Crippen LogP contribution in [0.5, 0.6) is 0 Å². The summed E-state index contributed by atoms with van der Waals surface area (Å²) >= 11 is 0. The number of ketones is 1. The molecule has 0 aliphatic rings. The fourth-order valence-electron chi connectivity index (χ4n) is 2.71. The predicted octanol–water partition coefficient (Wildman–Crippen LogP) is 4.25. The Labute approximate surface area is 135 Å². The molecule has 0 bridgehead atoms. The Morgan fingerprint density at radius 2 is 1.30 bits per heavy atom. The van der Waals surface area contributed by atoms with Gasteiger partial charge >= 0.3 is 0 Å². The van der Waals surface area contributed by atoms with Crippen LogP contribution in [0.25, 0.3) is 0 Å². The van der Waals surface area contributed by atoms with Gasteiger partial charge in [-0.1, -0.05) is 84.9 Å². The first-order valence-corrected chi connectivity index (χ1v) is 7.50. The molecule has 0 N–H and O–H groups in total. The number of hydrogen-bond acceptors (Lipinski definition) is 2. The second-order valence-corrected chi connectivity index (χ2v) is 5.31. The minimum atomic E-state index is -0.444. The van der Waals surface area contributed by atoms with Crippen molar-refractivity contribution in [3.63, 3.8) is 0 Å². The van der Waals surface area contributed by atoms with Crippen molar-refractivity contribution in [1.82, 2.24) is 0 Å². The standard InChI is InChI=1S/C21H16O2/c22-15-20(16-9-3-1-4-10-16)18-13-7-8-14-19(18)21(23)17-11-5-2-6-12-17/h1-15,20H. The summed E-state index contributed by atoms with van der Waals surface area (Å²) in [5.74, 6) is -0.510. The lowest BCUT2D eigenvalue weighted by Gasteiger charge is -2.15. The zero-order valence-electron chi connectivity index (χ0n) is 12.6. The largest absolute Gasteiger partial charge is 0.302 e. The molecule has 3 aromatic rings.